The third kappa shape index (κ3) is 6.84. The number of halogens is 2. The van der Waals surface area contributed by atoms with Crippen LogP contribution in [0.5, 0.6) is 0 Å². The molecule has 0 aliphatic rings. The summed E-state index contributed by atoms with van der Waals surface area (Å²) in [4.78, 5) is 36.2. The first-order valence-corrected chi connectivity index (χ1v) is 12.0. The minimum atomic E-state index is -1.08. The molecule has 0 aliphatic carbocycles. The molecule has 0 saturated carbocycles. The lowest BCUT2D eigenvalue weighted by atomic mass is 10.2. The number of nitrogens with one attached hydrogen (secondary N) is 2. The van der Waals surface area contributed by atoms with Gasteiger partial charge in [-0.05, 0) is 43.3 Å². The van der Waals surface area contributed by atoms with Crippen LogP contribution in [0.1, 0.15) is 39.5 Å². The van der Waals surface area contributed by atoms with Crippen molar-refractivity contribution in [3.63, 3.8) is 0 Å². The molecule has 3 N–H and O–H groups in total. The number of rotatable bonds is 10. The van der Waals surface area contributed by atoms with Crippen molar-refractivity contribution in [1.29, 1.82) is 0 Å². The Morgan fingerprint density at radius 1 is 1.20 bits per heavy atom. The van der Waals surface area contributed by atoms with Crippen LogP contribution in [-0.4, -0.2) is 43.4 Å². The van der Waals surface area contributed by atoms with Crippen molar-refractivity contribution < 1.29 is 19.5 Å². The van der Waals surface area contributed by atoms with Gasteiger partial charge >= 0.3 is 5.97 Å². The highest BCUT2D eigenvalue weighted by Crippen LogP contribution is 2.24. The van der Waals surface area contributed by atoms with Gasteiger partial charge in [-0.15, -0.1) is 16.8 Å². The van der Waals surface area contributed by atoms with Gasteiger partial charge in [-0.2, -0.15) is 0 Å². The Labute approximate surface area is 215 Å². The molecule has 3 rings (SSSR count). The van der Waals surface area contributed by atoms with Crippen LogP contribution in [0, 0.1) is 0 Å². The van der Waals surface area contributed by atoms with Crippen molar-refractivity contribution in [2.75, 3.05) is 11.1 Å². The van der Waals surface area contributed by atoms with Crippen LogP contribution in [0.25, 0.3) is 0 Å². The van der Waals surface area contributed by atoms with E-state index in [0.717, 1.165) is 11.8 Å². The summed E-state index contributed by atoms with van der Waals surface area (Å²) in [6, 6.07) is 10.0. The SMILES string of the molecule is C=CCn1c(SCC(=O)Nc2cccc(C(=O)O)c2)nnc1[C@H](C)NC(=O)c1ccc(Cl)cc1Cl. The maximum atomic E-state index is 12.7. The molecule has 182 valence electrons. The smallest absolute Gasteiger partial charge is 0.335 e. The topological polar surface area (TPSA) is 126 Å². The van der Waals surface area contributed by atoms with Crippen LogP contribution in [-0.2, 0) is 11.3 Å². The summed E-state index contributed by atoms with van der Waals surface area (Å²) in [7, 11) is 0. The molecule has 2 amide bonds. The van der Waals surface area contributed by atoms with Crippen molar-refractivity contribution in [2.24, 2.45) is 0 Å². The van der Waals surface area contributed by atoms with Crippen molar-refractivity contribution in [2.45, 2.75) is 24.7 Å². The number of carboxylic acids is 1. The van der Waals surface area contributed by atoms with Gasteiger partial charge in [-0.3, -0.25) is 9.59 Å². The summed E-state index contributed by atoms with van der Waals surface area (Å²) in [6.07, 6.45) is 1.65. The molecule has 0 radical (unpaired) electrons. The lowest BCUT2D eigenvalue weighted by molar-refractivity contribution is -0.113. The summed E-state index contributed by atoms with van der Waals surface area (Å²) >= 11 is 13.2. The van der Waals surface area contributed by atoms with Crippen LogP contribution < -0.4 is 10.6 Å². The van der Waals surface area contributed by atoms with Crippen molar-refractivity contribution in [3.05, 3.63) is 82.1 Å². The third-order valence-electron chi connectivity index (χ3n) is 4.69. The van der Waals surface area contributed by atoms with Gasteiger partial charge in [-0.25, -0.2) is 4.79 Å². The fourth-order valence-electron chi connectivity index (χ4n) is 3.10. The van der Waals surface area contributed by atoms with Gasteiger partial charge < -0.3 is 20.3 Å². The van der Waals surface area contributed by atoms with Crippen LogP contribution in [0.4, 0.5) is 5.69 Å². The average Bonchev–Trinajstić information content (AvgIpc) is 3.20. The van der Waals surface area contributed by atoms with Crippen molar-refractivity contribution >= 4 is 58.4 Å². The minimum Gasteiger partial charge on any atom is -0.478 e. The van der Waals surface area contributed by atoms with E-state index in [0.29, 0.717) is 28.2 Å². The summed E-state index contributed by atoms with van der Waals surface area (Å²) in [5.41, 5.74) is 0.721. The van der Waals surface area contributed by atoms with E-state index in [1.165, 1.54) is 24.3 Å². The average molecular weight is 534 g/mol. The van der Waals surface area contributed by atoms with E-state index in [1.54, 1.807) is 35.8 Å². The molecule has 0 fully saturated rings. The van der Waals surface area contributed by atoms with Gasteiger partial charge in [0.25, 0.3) is 5.91 Å². The van der Waals surface area contributed by atoms with Gasteiger partial charge in [0, 0.05) is 17.3 Å². The van der Waals surface area contributed by atoms with Crippen LogP contribution in [0.2, 0.25) is 10.0 Å². The monoisotopic (exact) mass is 533 g/mol. The van der Waals surface area contributed by atoms with Gasteiger partial charge in [0.2, 0.25) is 5.91 Å². The molecule has 0 unspecified atom stereocenters. The highest BCUT2D eigenvalue weighted by Gasteiger charge is 2.21. The Balaban J connectivity index is 1.68. The number of benzene rings is 2. The Bertz CT molecular complexity index is 1280. The second-order valence-corrected chi connectivity index (χ2v) is 9.07. The molecule has 12 heteroatoms. The third-order valence-corrected chi connectivity index (χ3v) is 6.21. The number of anilines is 1. The Morgan fingerprint density at radius 2 is 1.97 bits per heavy atom. The summed E-state index contributed by atoms with van der Waals surface area (Å²) < 4.78 is 1.74. The molecule has 9 nitrogen and oxygen atoms in total. The Morgan fingerprint density at radius 3 is 2.66 bits per heavy atom. The standard InChI is InChI=1S/C23H21Cl2N5O4S/c1-3-9-30-20(13(2)26-21(32)17-8-7-15(24)11-18(17)25)28-29-23(30)35-12-19(31)27-16-6-4-5-14(10-16)22(33)34/h3-8,10-11,13H,1,9,12H2,2H3,(H,26,32)(H,27,31)(H,33,34)/t13-/m0/s1. The lowest BCUT2D eigenvalue weighted by Gasteiger charge is -2.16. The number of hydrogen-bond acceptors (Lipinski definition) is 6. The maximum absolute atomic E-state index is 12.7. The van der Waals surface area contributed by atoms with Crippen LogP contribution >= 0.6 is 35.0 Å². The molecule has 0 spiro atoms. The van der Waals surface area contributed by atoms with Gasteiger partial charge in [0.1, 0.15) is 0 Å². The molecule has 1 heterocycles. The first-order valence-electron chi connectivity index (χ1n) is 10.3. The number of carbonyl (C=O) groups excluding carboxylic acids is 2. The second-order valence-electron chi connectivity index (χ2n) is 7.28. The maximum Gasteiger partial charge on any atom is 0.335 e. The molecule has 0 bridgehead atoms. The van der Waals surface area contributed by atoms with Crippen molar-refractivity contribution in [3.8, 4) is 0 Å². The number of aromatic carboxylic acids is 1. The van der Waals surface area contributed by atoms with E-state index >= 15 is 0 Å². The quantitative estimate of drug-likeness (QED) is 0.255. The molecule has 2 aromatic carbocycles. The molecule has 35 heavy (non-hydrogen) atoms. The summed E-state index contributed by atoms with van der Waals surface area (Å²) in [6.45, 7) is 5.86. The molecule has 0 saturated heterocycles. The highest BCUT2D eigenvalue weighted by atomic mass is 35.5. The van der Waals surface area contributed by atoms with Crippen LogP contribution in [0.15, 0.2) is 60.3 Å². The number of aromatic nitrogens is 3. The molecule has 1 aromatic heterocycles. The number of nitrogens with zero attached hydrogens (tertiary/aromatic N) is 3. The van der Waals surface area contributed by atoms with Gasteiger partial charge in [0.05, 0.1) is 27.9 Å². The molecule has 3 aromatic rings. The second kappa shape index (κ2) is 11.9. The lowest BCUT2D eigenvalue weighted by Crippen LogP contribution is -2.29. The first kappa shape index (κ1) is 26.3. The molecule has 1 atom stereocenters. The largest absolute Gasteiger partial charge is 0.478 e. The Hall–Kier alpha value is -3.34. The predicted molar refractivity (Wildman–Crippen MR) is 135 cm³/mol. The van der Waals surface area contributed by atoms with E-state index < -0.39 is 17.9 Å². The summed E-state index contributed by atoms with van der Waals surface area (Å²) in [5, 5.41) is 24.0. The van der Waals surface area contributed by atoms with E-state index in [2.05, 4.69) is 27.4 Å². The first-order chi connectivity index (χ1) is 16.7. The zero-order chi connectivity index (χ0) is 25.5. The van der Waals surface area contributed by atoms with E-state index in [-0.39, 0.29) is 27.8 Å². The van der Waals surface area contributed by atoms with Gasteiger partial charge in [-0.1, -0.05) is 47.1 Å². The highest BCUT2D eigenvalue weighted by molar-refractivity contribution is 7.99. The number of allylic oxidation sites excluding steroid dienone is 1. The van der Waals surface area contributed by atoms with E-state index in [9.17, 15) is 14.4 Å². The number of amides is 2. The molecular weight excluding hydrogens is 513 g/mol. The van der Waals surface area contributed by atoms with Crippen molar-refractivity contribution in [1.82, 2.24) is 20.1 Å². The number of hydrogen-bond donors (Lipinski definition) is 3. The molecular formula is C23H21Cl2N5O4S. The van der Waals surface area contributed by atoms with E-state index in [1.807, 2.05) is 0 Å². The van der Waals surface area contributed by atoms with Gasteiger partial charge in [0.15, 0.2) is 11.0 Å². The van der Waals surface area contributed by atoms with Crippen LogP contribution in [0.3, 0.4) is 0 Å². The number of thioether (sulfide) groups is 1. The Kier molecular flexibility index (Phi) is 8.91. The normalized spacial score (nSPS) is 11.5. The zero-order valence-electron chi connectivity index (χ0n) is 18.5. The minimum absolute atomic E-state index is 0.00764. The fraction of sp³-hybridized carbons (Fsp3) is 0.174. The van der Waals surface area contributed by atoms with E-state index in [4.69, 9.17) is 28.3 Å². The number of carbonyl (C=O) groups is 3. The molecule has 0 aliphatic heterocycles. The zero-order valence-corrected chi connectivity index (χ0v) is 20.8. The number of carboxylic acid groups (broad SMARTS) is 1. The predicted octanol–water partition coefficient (Wildman–Crippen LogP) is 4.69. The fourth-order valence-corrected chi connectivity index (χ4v) is 4.35. The summed E-state index contributed by atoms with van der Waals surface area (Å²) in [5.74, 6) is -1.34.